The fourth-order valence-electron chi connectivity index (χ4n) is 1.18. The number of benzene rings is 1. The van der Waals surface area contributed by atoms with Crippen molar-refractivity contribution in [3.05, 3.63) is 35.1 Å². The fourth-order valence-corrected chi connectivity index (χ4v) is 1.18. The molecular weight excluding hydrogens is 250 g/mol. The number of halogens is 4. The number of rotatable bonds is 2. The first-order valence-corrected chi connectivity index (χ1v) is 4.91. The van der Waals surface area contributed by atoms with Crippen LogP contribution >= 0.6 is 0 Å². The molecule has 6 heteroatoms. The zero-order valence-corrected chi connectivity index (χ0v) is 9.36. The Morgan fingerprint density at radius 1 is 1.39 bits per heavy atom. The summed E-state index contributed by atoms with van der Waals surface area (Å²) in [7, 11) is 0. The molecule has 0 unspecified atom stereocenters. The van der Waals surface area contributed by atoms with Crippen molar-refractivity contribution in [1.82, 2.24) is 5.32 Å². The molecule has 0 aliphatic heterocycles. The molecule has 1 amide bonds. The molecule has 0 spiro atoms. The smallest absolute Gasteiger partial charge is 0.341 e. The Hall–Kier alpha value is -2.03. The molecule has 96 valence electrons. The molecule has 0 radical (unpaired) electrons. The molecule has 1 aromatic carbocycles. The topological polar surface area (TPSA) is 29.1 Å². The van der Waals surface area contributed by atoms with Crippen LogP contribution in [0.4, 0.5) is 17.6 Å². The van der Waals surface area contributed by atoms with Gasteiger partial charge in [0.1, 0.15) is 5.82 Å². The van der Waals surface area contributed by atoms with E-state index in [1.807, 2.05) is 0 Å². The molecule has 2 nitrogen and oxygen atoms in total. The van der Waals surface area contributed by atoms with E-state index in [0.717, 1.165) is 0 Å². The Morgan fingerprint density at radius 3 is 2.61 bits per heavy atom. The molecule has 0 aliphatic rings. The Kier molecular flexibility index (Phi) is 4.32. The maximum Gasteiger partial charge on any atom is 0.416 e. The average Bonchev–Trinajstić information content (AvgIpc) is 2.28. The van der Waals surface area contributed by atoms with Crippen LogP contribution in [0.3, 0.4) is 0 Å². The molecule has 0 aromatic heterocycles. The molecule has 0 heterocycles. The van der Waals surface area contributed by atoms with E-state index in [2.05, 4.69) is 17.2 Å². The van der Waals surface area contributed by atoms with Gasteiger partial charge in [-0.15, -0.1) is 5.92 Å². The lowest BCUT2D eigenvalue weighted by Crippen LogP contribution is -2.25. The van der Waals surface area contributed by atoms with E-state index >= 15 is 0 Å². The molecule has 1 aromatic rings. The second kappa shape index (κ2) is 5.54. The number of amides is 1. The molecule has 0 aliphatic carbocycles. The summed E-state index contributed by atoms with van der Waals surface area (Å²) in [5.74, 6) is 3.03. The van der Waals surface area contributed by atoms with Crippen LogP contribution in [-0.2, 0) is 6.18 Å². The van der Waals surface area contributed by atoms with E-state index < -0.39 is 29.0 Å². The van der Waals surface area contributed by atoms with Crippen LogP contribution in [0.25, 0.3) is 0 Å². The van der Waals surface area contributed by atoms with Crippen LogP contribution < -0.4 is 5.32 Å². The van der Waals surface area contributed by atoms with Crippen LogP contribution in [0.2, 0.25) is 0 Å². The second-order valence-electron chi connectivity index (χ2n) is 3.30. The molecule has 0 saturated heterocycles. The first-order chi connectivity index (χ1) is 8.36. The van der Waals surface area contributed by atoms with E-state index in [9.17, 15) is 22.4 Å². The van der Waals surface area contributed by atoms with Crippen LogP contribution in [0.1, 0.15) is 22.8 Å². The molecule has 0 atom stereocenters. The molecule has 0 fully saturated rings. The highest BCUT2D eigenvalue weighted by Gasteiger charge is 2.31. The number of hydrogen-bond donors (Lipinski definition) is 1. The van der Waals surface area contributed by atoms with Crippen molar-refractivity contribution in [1.29, 1.82) is 0 Å². The van der Waals surface area contributed by atoms with Gasteiger partial charge in [0.2, 0.25) is 0 Å². The number of carbonyl (C=O) groups is 1. The van der Waals surface area contributed by atoms with E-state index in [1.54, 1.807) is 0 Å². The summed E-state index contributed by atoms with van der Waals surface area (Å²) in [5.41, 5.74) is -1.72. The summed E-state index contributed by atoms with van der Waals surface area (Å²) >= 11 is 0. The highest BCUT2D eigenvalue weighted by atomic mass is 19.4. The molecular formula is C12H9F4NO. The highest BCUT2D eigenvalue weighted by Crippen LogP contribution is 2.30. The van der Waals surface area contributed by atoms with E-state index in [0.29, 0.717) is 18.2 Å². The van der Waals surface area contributed by atoms with Gasteiger partial charge in [-0.2, -0.15) is 13.2 Å². The quantitative estimate of drug-likeness (QED) is 0.642. The lowest BCUT2D eigenvalue weighted by molar-refractivity contribution is -0.137. The standard InChI is InChI=1S/C12H9F4NO/c1-2-3-6-17-11(18)9-7-8(12(14,15)16)4-5-10(9)13/h4-5,7H,6H2,1H3,(H,17,18). The maximum atomic E-state index is 13.3. The molecule has 0 bridgehead atoms. The summed E-state index contributed by atoms with van der Waals surface area (Å²) in [6.45, 7) is 1.49. The summed E-state index contributed by atoms with van der Waals surface area (Å²) in [6, 6.07) is 1.67. The fraction of sp³-hybridized carbons (Fsp3) is 0.250. The van der Waals surface area contributed by atoms with Crippen molar-refractivity contribution in [3.63, 3.8) is 0 Å². The SMILES string of the molecule is CC#CCNC(=O)c1cc(C(F)(F)F)ccc1F. The Labute approximate surface area is 101 Å². The lowest BCUT2D eigenvalue weighted by atomic mass is 10.1. The van der Waals surface area contributed by atoms with Crippen molar-refractivity contribution < 1.29 is 22.4 Å². The summed E-state index contributed by atoms with van der Waals surface area (Å²) in [6.07, 6.45) is -4.62. The predicted octanol–water partition coefficient (Wildman–Crippen LogP) is 2.60. The largest absolute Gasteiger partial charge is 0.416 e. The van der Waals surface area contributed by atoms with E-state index in [-0.39, 0.29) is 6.54 Å². The monoisotopic (exact) mass is 259 g/mol. The Morgan fingerprint density at radius 2 is 2.06 bits per heavy atom. The van der Waals surface area contributed by atoms with Crippen LogP contribution in [0.5, 0.6) is 0 Å². The zero-order valence-electron chi connectivity index (χ0n) is 9.36. The van der Waals surface area contributed by atoms with Crippen LogP contribution in [0.15, 0.2) is 18.2 Å². The maximum absolute atomic E-state index is 13.3. The Balaban J connectivity index is 2.99. The van der Waals surface area contributed by atoms with Crippen molar-refractivity contribution in [2.75, 3.05) is 6.54 Å². The summed E-state index contributed by atoms with van der Waals surface area (Å²) < 4.78 is 50.4. The van der Waals surface area contributed by atoms with Gasteiger partial charge in [0.15, 0.2) is 0 Å². The molecule has 0 saturated carbocycles. The number of alkyl halides is 3. The highest BCUT2D eigenvalue weighted by molar-refractivity contribution is 5.94. The first kappa shape index (κ1) is 14.0. The van der Waals surface area contributed by atoms with Gasteiger partial charge in [-0.3, -0.25) is 4.79 Å². The van der Waals surface area contributed by atoms with Gasteiger partial charge in [0.05, 0.1) is 17.7 Å². The number of nitrogens with one attached hydrogen (secondary N) is 1. The van der Waals surface area contributed by atoms with Gasteiger partial charge in [-0.25, -0.2) is 4.39 Å². The second-order valence-corrected chi connectivity index (χ2v) is 3.30. The minimum Gasteiger partial charge on any atom is -0.341 e. The van der Waals surface area contributed by atoms with Crippen LogP contribution in [-0.4, -0.2) is 12.5 Å². The van der Waals surface area contributed by atoms with E-state index in [4.69, 9.17) is 0 Å². The van der Waals surface area contributed by atoms with Gasteiger partial charge in [0.25, 0.3) is 5.91 Å². The number of hydrogen-bond acceptors (Lipinski definition) is 1. The Bertz CT molecular complexity index is 511. The van der Waals surface area contributed by atoms with Gasteiger partial charge >= 0.3 is 6.18 Å². The average molecular weight is 259 g/mol. The lowest BCUT2D eigenvalue weighted by Gasteiger charge is -2.09. The van der Waals surface area contributed by atoms with Crippen molar-refractivity contribution in [2.24, 2.45) is 0 Å². The zero-order chi connectivity index (χ0) is 13.8. The first-order valence-electron chi connectivity index (χ1n) is 4.91. The van der Waals surface area contributed by atoms with Crippen molar-refractivity contribution in [2.45, 2.75) is 13.1 Å². The number of carbonyl (C=O) groups excluding carboxylic acids is 1. The summed E-state index contributed by atoms with van der Waals surface area (Å²) in [4.78, 5) is 11.4. The third kappa shape index (κ3) is 3.48. The normalized spacial score (nSPS) is 10.5. The minimum atomic E-state index is -4.62. The van der Waals surface area contributed by atoms with Crippen molar-refractivity contribution >= 4 is 5.91 Å². The molecule has 18 heavy (non-hydrogen) atoms. The predicted molar refractivity (Wildman–Crippen MR) is 57.2 cm³/mol. The summed E-state index contributed by atoms with van der Waals surface area (Å²) in [5, 5.41) is 2.20. The van der Waals surface area contributed by atoms with E-state index in [1.165, 1.54) is 6.92 Å². The third-order valence-electron chi connectivity index (χ3n) is 2.05. The van der Waals surface area contributed by atoms with Gasteiger partial charge in [-0.05, 0) is 25.1 Å². The van der Waals surface area contributed by atoms with Crippen LogP contribution in [0, 0.1) is 17.7 Å². The van der Waals surface area contributed by atoms with Crippen molar-refractivity contribution in [3.8, 4) is 11.8 Å². The van der Waals surface area contributed by atoms with Gasteiger partial charge in [-0.1, -0.05) is 5.92 Å². The minimum absolute atomic E-state index is 0.0506. The molecule has 1 N–H and O–H groups in total. The van der Waals surface area contributed by atoms with Gasteiger partial charge in [0, 0.05) is 0 Å². The van der Waals surface area contributed by atoms with Gasteiger partial charge < -0.3 is 5.32 Å². The third-order valence-corrected chi connectivity index (χ3v) is 2.05. The molecule has 1 rings (SSSR count).